The number of rotatable bonds is 10. The molecule has 0 fully saturated rings. The van der Waals surface area contributed by atoms with E-state index in [0.717, 1.165) is 139 Å². The second-order valence-electron chi connectivity index (χ2n) is 29.4. The largest absolute Gasteiger partial charge is 0.294 e. The van der Waals surface area contributed by atoms with Gasteiger partial charge in [-0.3, -0.25) is 9.13 Å². The van der Waals surface area contributed by atoms with Crippen LogP contribution < -0.4 is 0 Å². The molecule has 106 heavy (non-hydrogen) atoms. The Kier molecular flexibility index (Phi) is 13.5. The lowest BCUT2D eigenvalue weighted by molar-refractivity contribution is 0.645. The highest BCUT2D eigenvalue weighted by Crippen LogP contribution is 2.52. The smallest absolute Gasteiger partial charge is 0.160 e. The highest BCUT2D eigenvalue weighted by molar-refractivity contribution is 6.13. The highest BCUT2D eigenvalue weighted by Gasteiger charge is 2.37. The minimum absolute atomic E-state index is 0.158. The van der Waals surface area contributed by atoms with Crippen LogP contribution in [0.1, 0.15) is 49.9 Å². The zero-order chi connectivity index (χ0) is 70.5. The van der Waals surface area contributed by atoms with Gasteiger partial charge in [-0.1, -0.05) is 276 Å². The number of para-hydroxylation sites is 2. The van der Waals surface area contributed by atoms with Gasteiger partial charge in [0.05, 0.1) is 55.9 Å². The van der Waals surface area contributed by atoms with Crippen LogP contribution >= 0.6 is 0 Å². The third-order valence-electron chi connectivity index (χ3n) is 22.6. The summed E-state index contributed by atoms with van der Waals surface area (Å²) in [7, 11) is 0. The predicted octanol–water partition coefficient (Wildman–Crippen LogP) is 24.5. The first-order valence-corrected chi connectivity index (χ1v) is 36.4. The van der Waals surface area contributed by atoms with E-state index >= 15 is 0 Å². The molecule has 8 heteroatoms. The van der Waals surface area contributed by atoms with E-state index < -0.39 is 0 Å². The van der Waals surface area contributed by atoms with Crippen molar-refractivity contribution in [2.75, 3.05) is 0 Å². The molecule has 8 nitrogen and oxygen atoms in total. The molecule has 21 rings (SSSR count). The Morgan fingerprint density at radius 2 is 0.575 bits per heavy atom. The summed E-state index contributed by atoms with van der Waals surface area (Å²) in [6.07, 6.45) is 0. The van der Waals surface area contributed by atoms with Gasteiger partial charge in [0.2, 0.25) is 0 Å². The van der Waals surface area contributed by atoms with E-state index in [1.807, 2.05) is 24.3 Å². The van der Waals surface area contributed by atoms with E-state index in [2.05, 4.69) is 340 Å². The number of hydrogen-bond acceptors (Lipinski definition) is 6. The number of pyridine rings is 2. The van der Waals surface area contributed by atoms with Crippen molar-refractivity contribution in [2.24, 2.45) is 0 Å². The van der Waals surface area contributed by atoms with Crippen molar-refractivity contribution in [3.8, 4) is 124 Å². The molecule has 498 valence electrons. The van der Waals surface area contributed by atoms with Crippen molar-refractivity contribution in [1.82, 2.24) is 39.0 Å². The van der Waals surface area contributed by atoms with Gasteiger partial charge in [-0.25, -0.2) is 29.9 Å². The maximum absolute atomic E-state index is 5.57. The third kappa shape index (κ3) is 9.61. The number of fused-ring (bicyclic) bond motifs is 10. The van der Waals surface area contributed by atoms with Gasteiger partial charge in [-0.15, -0.1) is 0 Å². The van der Waals surface area contributed by atoms with Crippen molar-refractivity contribution < 1.29 is 0 Å². The molecular weight excluding hydrogens is 1290 g/mol. The normalized spacial score (nSPS) is 13.2. The molecule has 2 aliphatic rings. The number of benzene rings is 13. The molecule has 0 spiro atoms. The van der Waals surface area contributed by atoms with Gasteiger partial charge in [-0.2, -0.15) is 0 Å². The van der Waals surface area contributed by atoms with Crippen molar-refractivity contribution >= 4 is 65.4 Å². The molecule has 0 aliphatic heterocycles. The summed E-state index contributed by atoms with van der Waals surface area (Å²) in [5.74, 6) is 3.13. The number of hydrogen-bond donors (Lipinski definition) is 0. The molecule has 0 saturated carbocycles. The van der Waals surface area contributed by atoms with Gasteiger partial charge >= 0.3 is 0 Å². The lowest BCUT2D eigenvalue weighted by atomic mass is 9.68. The van der Waals surface area contributed by atoms with E-state index in [1.54, 1.807) is 0 Å². The van der Waals surface area contributed by atoms with Crippen molar-refractivity contribution in [3.63, 3.8) is 0 Å². The molecule has 19 aromatic rings. The first kappa shape index (κ1) is 61.1. The van der Waals surface area contributed by atoms with Crippen molar-refractivity contribution in [3.05, 3.63) is 350 Å². The first-order valence-electron chi connectivity index (χ1n) is 36.4. The summed E-state index contributed by atoms with van der Waals surface area (Å²) in [6, 6.07) is 118. The Balaban J connectivity index is 0.617. The quantitative estimate of drug-likeness (QED) is 0.136. The lowest BCUT2D eigenvalue weighted by Crippen LogP contribution is -2.24. The van der Waals surface area contributed by atoms with Crippen LogP contribution in [0.2, 0.25) is 0 Å². The molecule has 6 heterocycles. The third-order valence-corrected chi connectivity index (χ3v) is 22.6. The zero-order valence-electron chi connectivity index (χ0n) is 58.8. The van der Waals surface area contributed by atoms with Crippen LogP contribution in [0, 0.1) is 0 Å². The van der Waals surface area contributed by atoms with Gasteiger partial charge in [0, 0.05) is 76.5 Å². The van der Waals surface area contributed by atoms with Crippen LogP contribution in [-0.4, -0.2) is 39.0 Å². The van der Waals surface area contributed by atoms with Gasteiger partial charge in [-0.05, 0) is 146 Å². The number of aromatic nitrogens is 8. The fourth-order valence-corrected chi connectivity index (χ4v) is 17.2. The van der Waals surface area contributed by atoms with Gasteiger partial charge in [0.25, 0.3) is 0 Å². The molecule has 0 N–H and O–H groups in total. The van der Waals surface area contributed by atoms with Crippen molar-refractivity contribution in [1.29, 1.82) is 0 Å². The molecular formula is C98H66N8. The average Bonchev–Trinajstić information content (AvgIpc) is 0.974. The summed E-state index contributed by atoms with van der Waals surface area (Å²) in [5, 5.41) is 7.04. The monoisotopic (exact) mass is 1350 g/mol. The molecule has 0 saturated heterocycles. The topological polar surface area (TPSA) is 87.2 Å². The van der Waals surface area contributed by atoms with E-state index in [0.29, 0.717) is 11.6 Å². The van der Waals surface area contributed by atoms with E-state index in [9.17, 15) is 0 Å². The minimum atomic E-state index is -0.328. The second-order valence-corrected chi connectivity index (χ2v) is 29.4. The fraction of sp³-hybridized carbons (Fsp3) is 0.0612. The zero-order valence-corrected chi connectivity index (χ0v) is 58.8. The summed E-state index contributed by atoms with van der Waals surface area (Å²) in [4.78, 5) is 32.0. The summed E-state index contributed by atoms with van der Waals surface area (Å²) in [6.45, 7) is 9.39. The van der Waals surface area contributed by atoms with Gasteiger partial charge in [0.1, 0.15) is 11.6 Å². The van der Waals surface area contributed by atoms with E-state index in [4.69, 9.17) is 29.9 Å². The molecule has 6 aromatic heterocycles. The minimum Gasteiger partial charge on any atom is -0.294 e. The van der Waals surface area contributed by atoms with Gasteiger partial charge < -0.3 is 0 Å². The SMILES string of the molecule is CC1(C)c2ccccc2-c2cc(-n3c4ccccc4c4cc(-c5cc(-c6ccccc6)nc(-c6ccc(-c7ccc8c(c7)C(C)(C)c7cccc9nc(-n%10c%11ccccc%11c%11cc(-c%12ccc(-c%13cc(-c%14ccccc%14)nc(-c%14ccccc%14)n%13)cc%12)ccc%11%10)cc-8c79)cc6)n5)ccc43)nc3cccc1c23. The van der Waals surface area contributed by atoms with Crippen LogP contribution in [0.15, 0.2) is 328 Å². The molecule has 0 atom stereocenters. The predicted molar refractivity (Wildman–Crippen MR) is 436 cm³/mol. The Morgan fingerprint density at radius 3 is 1.11 bits per heavy atom. The molecule has 0 amide bonds. The number of nitrogens with zero attached hydrogens (tertiary/aromatic N) is 8. The molecule has 13 aromatic carbocycles. The molecule has 0 bridgehead atoms. The van der Waals surface area contributed by atoms with E-state index in [-0.39, 0.29) is 10.8 Å². The highest BCUT2D eigenvalue weighted by atomic mass is 15.1. The Bertz CT molecular complexity index is 6790. The molecule has 2 aliphatic carbocycles. The standard InChI is InChI=1S/C98H66N8/c1-97(2)77-31-17-14-28-69(77)75-55-91(99-81-34-20-32-78(97)93(75)81)106-88-37-19-16-30-72(88)74-53-68(48-51-90(74)106)86-58-84(62-24-10-6-11-25-62)102-96(104-86)65-44-40-60(41-45-65)67-46-49-70-76-56-92(100-82-35-21-33-79(94(76)82)98(3,4)80(70)54-67)105-87-36-18-15-29-71(87)73-52-66(47-50-89(73)105)59-38-42-63(43-39-59)85-57-83(61-22-8-5-9-23-61)101-95(103-85)64-26-12-7-13-27-64/h5-58H,1-4H3. The van der Waals surface area contributed by atoms with Crippen molar-refractivity contribution in [2.45, 2.75) is 38.5 Å². The lowest BCUT2D eigenvalue weighted by Gasteiger charge is -2.35. The summed E-state index contributed by atoms with van der Waals surface area (Å²) >= 11 is 0. The maximum atomic E-state index is 5.57. The van der Waals surface area contributed by atoms with Crippen LogP contribution in [-0.2, 0) is 10.8 Å². The molecule has 0 radical (unpaired) electrons. The Labute approximate surface area is 613 Å². The maximum Gasteiger partial charge on any atom is 0.160 e. The summed E-state index contributed by atoms with van der Waals surface area (Å²) < 4.78 is 4.70. The van der Waals surface area contributed by atoms with Crippen LogP contribution in [0.5, 0.6) is 0 Å². The van der Waals surface area contributed by atoms with Crippen LogP contribution in [0.3, 0.4) is 0 Å². The second kappa shape index (κ2) is 23.5. The summed E-state index contributed by atoms with van der Waals surface area (Å²) in [5.41, 5.74) is 29.9. The van der Waals surface area contributed by atoms with E-state index in [1.165, 1.54) is 60.7 Å². The molecule has 0 unspecified atom stereocenters. The van der Waals surface area contributed by atoms with Crippen LogP contribution in [0.25, 0.3) is 189 Å². The average molecular weight is 1360 g/mol. The fourth-order valence-electron chi connectivity index (χ4n) is 17.2. The van der Waals surface area contributed by atoms with Crippen LogP contribution in [0.4, 0.5) is 0 Å². The Hall–Kier alpha value is -13.6. The Morgan fingerprint density at radius 1 is 0.217 bits per heavy atom. The van der Waals surface area contributed by atoms with Gasteiger partial charge in [0.15, 0.2) is 11.6 Å². The first-order chi connectivity index (χ1) is 52.0.